The second-order valence-electron chi connectivity index (χ2n) is 12.3. The van der Waals surface area contributed by atoms with Crippen LogP contribution in [-0.2, 0) is 11.2 Å². The molecule has 0 radical (unpaired) electrons. The Morgan fingerprint density at radius 1 is 0.860 bits per heavy atom. The third-order valence-corrected chi connectivity index (χ3v) is 9.66. The van der Waals surface area contributed by atoms with E-state index in [0.29, 0.717) is 34.6 Å². The van der Waals surface area contributed by atoms with Gasteiger partial charge in [-0.15, -0.1) is 0 Å². The summed E-state index contributed by atoms with van der Waals surface area (Å²) in [5.74, 6) is 0.713. The number of hydrazone groups is 1. The Morgan fingerprint density at radius 2 is 1.56 bits per heavy atom. The van der Waals surface area contributed by atoms with Crippen LogP contribution in [-0.4, -0.2) is 44.7 Å². The van der Waals surface area contributed by atoms with Crippen LogP contribution in [0.1, 0.15) is 29.4 Å². The molecule has 1 aliphatic rings. The first kappa shape index (κ1) is 31.5. The highest BCUT2D eigenvalue weighted by atomic mass is 79.9. The lowest BCUT2D eigenvalue weighted by Crippen LogP contribution is -2.31. The van der Waals surface area contributed by atoms with Crippen LogP contribution in [0.4, 0.5) is 0 Å². The number of para-hydroxylation sites is 3. The fourth-order valence-electron chi connectivity index (χ4n) is 6.90. The number of Topliss-reactive ketones (excluding diaryl/α,β-unsaturated/α-hetero) is 1. The first-order chi connectivity index (χ1) is 24.5. The van der Waals surface area contributed by atoms with Crippen molar-refractivity contribution in [3.63, 3.8) is 0 Å². The van der Waals surface area contributed by atoms with E-state index in [9.17, 15) is 9.59 Å². The van der Waals surface area contributed by atoms with Gasteiger partial charge < -0.3 is 9.72 Å². The van der Waals surface area contributed by atoms with Gasteiger partial charge in [0.15, 0.2) is 5.78 Å². The predicted molar refractivity (Wildman–Crippen MR) is 201 cm³/mol. The van der Waals surface area contributed by atoms with Crippen LogP contribution in [0.3, 0.4) is 0 Å². The van der Waals surface area contributed by atoms with Gasteiger partial charge in [0.1, 0.15) is 11.6 Å². The number of ketones is 1. The topological polar surface area (TPSA) is 92.6 Å². The second-order valence-corrected chi connectivity index (χ2v) is 13.2. The second kappa shape index (κ2) is 13.2. The first-order valence-corrected chi connectivity index (χ1v) is 17.2. The van der Waals surface area contributed by atoms with Crippen molar-refractivity contribution in [2.24, 2.45) is 5.10 Å². The number of H-pyrrole nitrogens is 1. The zero-order valence-electron chi connectivity index (χ0n) is 27.2. The highest BCUT2D eigenvalue weighted by Gasteiger charge is 2.34. The highest BCUT2D eigenvalue weighted by molar-refractivity contribution is 9.10. The third-order valence-electron chi connectivity index (χ3n) is 9.16. The Bertz CT molecular complexity index is 2470. The molecule has 2 aromatic heterocycles. The van der Waals surface area contributed by atoms with E-state index < -0.39 is 0 Å². The largest absolute Gasteiger partial charge is 0.495 e. The zero-order valence-corrected chi connectivity index (χ0v) is 28.8. The lowest BCUT2D eigenvalue weighted by molar-refractivity contribution is -0.120. The van der Waals surface area contributed by atoms with Gasteiger partial charge in [0.2, 0.25) is 0 Å². The summed E-state index contributed by atoms with van der Waals surface area (Å²) in [5.41, 5.74) is 6.86. The molecule has 1 unspecified atom stereocenters. The maximum Gasteiger partial charge on any atom is 0.266 e. The Balaban J connectivity index is 1.22. The van der Waals surface area contributed by atoms with Gasteiger partial charge in [-0.25, -0.2) is 4.98 Å². The SMILES string of the molecule is COc1ccccc1-n1c(CC(=O)CN2N=C(c3ccccc3)CC2c2c(-c3ccccc3)[nH]c3ccccc23)nc2ccc(Br)cc2c1=O. The number of fused-ring (bicyclic) bond motifs is 2. The average Bonchev–Trinajstić information content (AvgIpc) is 3.74. The Morgan fingerprint density at radius 3 is 2.34 bits per heavy atom. The molecule has 7 aromatic rings. The van der Waals surface area contributed by atoms with Crippen molar-refractivity contribution in [2.75, 3.05) is 13.7 Å². The number of carbonyl (C=O) groups excluding carboxylic acids is 1. The number of benzene rings is 5. The highest BCUT2D eigenvalue weighted by Crippen LogP contribution is 2.42. The van der Waals surface area contributed by atoms with Gasteiger partial charge in [-0.3, -0.25) is 19.2 Å². The number of hydrogen-bond acceptors (Lipinski definition) is 6. The molecule has 8 nitrogen and oxygen atoms in total. The normalized spacial score (nSPS) is 14.3. The summed E-state index contributed by atoms with van der Waals surface area (Å²) >= 11 is 3.49. The van der Waals surface area contributed by atoms with Crippen LogP contribution < -0.4 is 10.3 Å². The number of nitrogens with one attached hydrogen (secondary N) is 1. The molecule has 0 spiro atoms. The predicted octanol–water partition coefficient (Wildman–Crippen LogP) is 8.27. The molecule has 5 aromatic carbocycles. The molecule has 246 valence electrons. The summed E-state index contributed by atoms with van der Waals surface area (Å²) < 4.78 is 7.90. The Hall–Kier alpha value is -5.80. The summed E-state index contributed by atoms with van der Waals surface area (Å²) in [6.45, 7) is 0.0227. The maximum atomic E-state index is 14.3. The molecule has 1 N–H and O–H groups in total. The molecule has 3 heterocycles. The fourth-order valence-corrected chi connectivity index (χ4v) is 7.26. The molecular formula is C41H32BrN5O3. The minimum Gasteiger partial charge on any atom is -0.495 e. The Kier molecular flexibility index (Phi) is 8.34. The van der Waals surface area contributed by atoms with E-state index in [0.717, 1.165) is 43.5 Å². The Labute approximate surface area is 296 Å². The van der Waals surface area contributed by atoms with Gasteiger partial charge in [0, 0.05) is 27.4 Å². The summed E-state index contributed by atoms with van der Waals surface area (Å²) in [6, 6.07) is 41.1. The smallest absolute Gasteiger partial charge is 0.266 e. The van der Waals surface area contributed by atoms with Gasteiger partial charge >= 0.3 is 0 Å². The van der Waals surface area contributed by atoms with Crippen molar-refractivity contribution in [2.45, 2.75) is 18.9 Å². The quantitative estimate of drug-likeness (QED) is 0.162. The molecule has 0 bridgehead atoms. The molecule has 0 saturated heterocycles. The third kappa shape index (κ3) is 5.79. The standard InChI is InChI=1S/C41H32BrN5O3/c1-50-37-19-11-10-18-35(37)47-38(43-33-21-20-28(42)22-31(33)41(47)49)23-29(48)25-46-36(24-34(45-46)26-12-4-2-5-13-26)39-30-16-8-9-17-32(30)44-40(39)27-14-6-3-7-15-27/h2-22,36,44H,23-25H2,1H3. The number of aromatic amines is 1. The lowest BCUT2D eigenvalue weighted by atomic mass is 9.93. The molecule has 8 rings (SSSR count). The summed E-state index contributed by atoms with van der Waals surface area (Å²) in [7, 11) is 1.56. The molecule has 0 saturated carbocycles. The molecule has 50 heavy (non-hydrogen) atoms. The summed E-state index contributed by atoms with van der Waals surface area (Å²) in [4.78, 5) is 36.9. The van der Waals surface area contributed by atoms with E-state index in [-0.39, 0.29) is 30.3 Å². The van der Waals surface area contributed by atoms with Crippen molar-refractivity contribution in [1.82, 2.24) is 19.5 Å². The number of aromatic nitrogens is 3. The van der Waals surface area contributed by atoms with Crippen molar-refractivity contribution < 1.29 is 9.53 Å². The van der Waals surface area contributed by atoms with E-state index >= 15 is 0 Å². The van der Waals surface area contributed by atoms with Gasteiger partial charge in [-0.05, 0) is 47.5 Å². The van der Waals surface area contributed by atoms with E-state index in [1.807, 2.05) is 71.7 Å². The molecule has 0 fully saturated rings. The minimum absolute atomic E-state index is 0.0227. The number of hydrogen-bond donors (Lipinski definition) is 1. The molecule has 0 amide bonds. The summed E-state index contributed by atoms with van der Waals surface area (Å²) in [5, 5.41) is 8.54. The van der Waals surface area contributed by atoms with Crippen molar-refractivity contribution in [3.8, 4) is 22.7 Å². The zero-order chi connectivity index (χ0) is 34.2. The van der Waals surface area contributed by atoms with E-state index in [1.54, 1.807) is 31.4 Å². The van der Waals surface area contributed by atoms with Crippen LogP contribution in [0.5, 0.6) is 5.75 Å². The van der Waals surface area contributed by atoms with E-state index in [4.69, 9.17) is 14.8 Å². The van der Waals surface area contributed by atoms with Gasteiger partial charge in [0.05, 0.1) is 54.1 Å². The van der Waals surface area contributed by atoms with Gasteiger partial charge in [-0.1, -0.05) is 107 Å². The number of rotatable bonds is 9. The van der Waals surface area contributed by atoms with Crippen LogP contribution in [0.25, 0.3) is 38.8 Å². The molecule has 9 heteroatoms. The molecule has 1 aliphatic heterocycles. The first-order valence-electron chi connectivity index (χ1n) is 16.4. The van der Waals surface area contributed by atoms with Crippen molar-refractivity contribution in [1.29, 1.82) is 0 Å². The van der Waals surface area contributed by atoms with Crippen LogP contribution in [0.15, 0.2) is 142 Å². The van der Waals surface area contributed by atoms with Crippen LogP contribution in [0.2, 0.25) is 0 Å². The minimum atomic E-state index is -0.279. The number of halogens is 1. The van der Waals surface area contributed by atoms with Gasteiger partial charge in [0.25, 0.3) is 5.56 Å². The maximum absolute atomic E-state index is 14.3. The number of nitrogens with zero attached hydrogens (tertiary/aromatic N) is 4. The molecular weight excluding hydrogens is 690 g/mol. The summed E-state index contributed by atoms with van der Waals surface area (Å²) in [6.07, 6.45) is 0.534. The number of carbonyl (C=O) groups is 1. The van der Waals surface area contributed by atoms with Crippen molar-refractivity contribution >= 4 is 49.2 Å². The lowest BCUT2D eigenvalue weighted by Gasteiger charge is -2.24. The molecule has 1 atom stereocenters. The van der Waals surface area contributed by atoms with Crippen LogP contribution in [0, 0.1) is 0 Å². The van der Waals surface area contributed by atoms with Crippen LogP contribution >= 0.6 is 15.9 Å². The van der Waals surface area contributed by atoms with E-state index in [1.165, 1.54) is 4.57 Å². The fraction of sp³-hybridized carbons (Fsp3) is 0.122. The van der Waals surface area contributed by atoms with Gasteiger partial charge in [-0.2, -0.15) is 5.10 Å². The van der Waals surface area contributed by atoms with E-state index in [2.05, 4.69) is 57.3 Å². The van der Waals surface area contributed by atoms with Crippen molar-refractivity contribution in [3.05, 3.63) is 159 Å². The average molecular weight is 723 g/mol. The number of methoxy groups -OCH3 is 1. The number of ether oxygens (including phenoxy) is 1. The molecule has 0 aliphatic carbocycles. The monoisotopic (exact) mass is 721 g/mol.